The third-order valence-electron chi connectivity index (χ3n) is 3.55. The zero-order valence-electron chi connectivity index (χ0n) is 10.2. The summed E-state index contributed by atoms with van der Waals surface area (Å²) in [4.78, 5) is 15.4. The number of carbonyl (C=O) groups excluding carboxylic acids is 1. The van der Waals surface area contributed by atoms with Crippen LogP contribution in [0, 0.1) is 11.4 Å². The number of rotatable bonds is 2. The maximum absolute atomic E-state index is 12.6. The Morgan fingerprint density at radius 1 is 1.53 bits per heavy atom. The second-order valence-electron chi connectivity index (χ2n) is 5.28. The fourth-order valence-electron chi connectivity index (χ4n) is 2.35. The van der Waals surface area contributed by atoms with Crippen molar-refractivity contribution in [3.8, 4) is 0 Å². The number of carbonyl (C=O) groups is 1. The van der Waals surface area contributed by atoms with Crippen molar-refractivity contribution >= 4 is 5.91 Å². The van der Waals surface area contributed by atoms with E-state index in [1.54, 1.807) is 0 Å². The first-order valence-electron chi connectivity index (χ1n) is 5.91. The minimum atomic E-state index is -0.567. The molecule has 0 spiro atoms. The topological polar surface area (TPSA) is 42.0 Å². The zero-order valence-corrected chi connectivity index (χ0v) is 10.2. The summed E-state index contributed by atoms with van der Waals surface area (Å²) < 4.78 is 12.6. The molecule has 17 heavy (non-hydrogen) atoms. The number of amides is 1. The van der Waals surface area contributed by atoms with Crippen molar-refractivity contribution in [1.29, 1.82) is 0 Å². The third kappa shape index (κ3) is 2.62. The van der Waals surface area contributed by atoms with Gasteiger partial charge in [-0.2, -0.15) is 4.39 Å². The molecule has 1 aromatic rings. The van der Waals surface area contributed by atoms with Gasteiger partial charge in [0.05, 0.1) is 5.56 Å². The molecular weight excluding hydrogens is 219 g/mol. The van der Waals surface area contributed by atoms with Crippen LogP contribution in [0.2, 0.25) is 0 Å². The lowest BCUT2D eigenvalue weighted by atomic mass is 9.87. The molecule has 1 heterocycles. The van der Waals surface area contributed by atoms with E-state index in [9.17, 15) is 9.18 Å². The van der Waals surface area contributed by atoms with Crippen molar-refractivity contribution in [2.24, 2.45) is 5.41 Å². The largest absolute Gasteiger partial charge is 0.349 e. The molecule has 2 rings (SSSR count). The van der Waals surface area contributed by atoms with E-state index in [1.165, 1.54) is 18.3 Å². The molecule has 0 radical (unpaired) electrons. The van der Waals surface area contributed by atoms with Crippen LogP contribution in [0.1, 0.15) is 43.5 Å². The summed E-state index contributed by atoms with van der Waals surface area (Å²) in [7, 11) is 0. The highest BCUT2D eigenvalue weighted by Gasteiger charge is 2.35. The predicted octanol–water partition coefficient (Wildman–Crippen LogP) is 2.53. The monoisotopic (exact) mass is 236 g/mol. The van der Waals surface area contributed by atoms with Gasteiger partial charge in [-0.1, -0.05) is 20.3 Å². The van der Waals surface area contributed by atoms with Gasteiger partial charge in [-0.3, -0.25) is 4.79 Å². The van der Waals surface area contributed by atoms with Gasteiger partial charge in [0.15, 0.2) is 0 Å². The lowest BCUT2D eigenvalue weighted by Gasteiger charge is -2.27. The van der Waals surface area contributed by atoms with Crippen LogP contribution in [0.15, 0.2) is 18.3 Å². The van der Waals surface area contributed by atoms with E-state index in [2.05, 4.69) is 24.1 Å². The molecule has 0 bridgehead atoms. The molecule has 1 aliphatic rings. The molecule has 1 aromatic heterocycles. The highest BCUT2D eigenvalue weighted by Crippen LogP contribution is 2.37. The van der Waals surface area contributed by atoms with Gasteiger partial charge in [-0.25, -0.2) is 4.98 Å². The summed E-state index contributed by atoms with van der Waals surface area (Å²) in [5.74, 6) is -0.736. The van der Waals surface area contributed by atoms with Crippen molar-refractivity contribution in [2.75, 3.05) is 0 Å². The van der Waals surface area contributed by atoms with Gasteiger partial charge in [0.1, 0.15) is 0 Å². The number of pyridine rings is 1. The highest BCUT2D eigenvalue weighted by atomic mass is 19.1. The molecule has 0 aliphatic heterocycles. The molecule has 4 heteroatoms. The first-order valence-corrected chi connectivity index (χ1v) is 5.91. The zero-order chi connectivity index (χ0) is 12.5. The molecule has 1 aliphatic carbocycles. The van der Waals surface area contributed by atoms with Crippen LogP contribution in [0.5, 0.6) is 0 Å². The number of nitrogens with zero attached hydrogens (tertiary/aromatic N) is 1. The molecule has 1 atom stereocenters. The fraction of sp³-hybridized carbons (Fsp3) is 0.538. The first-order chi connectivity index (χ1) is 7.99. The summed E-state index contributed by atoms with van der Waals surface area (Å²) in [6, 6.07) is 2.86. The summed E-state index contributed by atoms with van der Waals surface area (Å²) in [5.41, 5.74) is 0.553. The molecule has 1 unspecified atom stereocenters. The normalized spacial score (nSPS) is 22.4. The summed E-state index contributed by atoms with van der Waals surface area (Å²) in [5, 5.41) is 3.00. The van der Waals surface area contributed by atoms with Gasteiger partial charge in [0.25, 0.3) is 5.91 Å². The molecule has 1 N–H and O–H groups in total. The van der Waals surface area contributed by atoms with Crippen LogP contribution in [-0.4, -0.2) is 16.9 Å². The lowest BCUT2D eigenvalue weighted by Crippen LogP contribution is -2.41. The SMILES string of the molecule is CC1(C)CCCC1NC(=O)c1ccc(F)nc1. The third-order valence-corrected chi connectivity index (χ3v) is 3.55. The van der Waals surface area contributed by atoms with E-state index in [-0.39, 0.29) is 17.4 Å². The summed E-state index contributed by atoms with van der Waals surface area (Å²) in [6.45, 7) is 4.32. The molecule has 3 nitrogen and oxygen atoms in total. The van der Waals surface area contributed by atoms with Gasteiger partial charge in [-0.05, 0) is 30.4 Å². The Morgan fingerprint density at radius 2 is 2.29 bits per heavy atom. The number of hydrogen-bond acceptors (Lipinski definition) is 2. The molecule has 0 aromatic carbocycles. The molecule has 1 saturated carbocycles. The van der Waals surface area contributed by atoms with Crippen molar-refractivity contribution < 1.29 is 9.18 Å². The van der Waals surface area contributed by atoms with Crippen molar-refractivity contribution in [2.45, 2.75) is 39.2 Å². The number of aromatic nitrogens is 1. The average molecular weight is 236 g/mol. The van der Waals surface area contributed by atoms with Crippen LogP contribution in [-0.2, 0) is 0 Å². The van der Waals surface area contributed by atoms with E-state index in [0.29, 0.717) is 5.56 Å². The first kappa shape index (κ1) is 12.0. The summed E-state index contributed by atoms with van der Waals surface area (Å²) in [6.07, 6.45) is 4.54. The van der Waals surface area contributed by atoms with Crippen LogP contribution in [0.4, 0.5) is 4.39 Å². The Hall–Kier alpha value is -1.45. The smallest absolute Gasteiger partial charge is 0.253 e. The van der Waals surface area contributed by atoms with Crippen LogP contribution < -0.4 is 5.32 Å². The standard InChI is InChI=1S/C13H17FN2O/c1-13(2)7-3-4-10(13)16-12(17)9-5-6-11(14)15-8-9/h5-6,8,10H,3-4,7H2,1-2H3,(H,16,17). The Bertz CT molecular complexity index is 414. The number of halogens is 1. The van der Waals surface area contributed by atoms with Gasteiger partial charge in [0, 0.05) is 12.2 Å². The Kier molecular flexibility index (Phi) is 3.13. The minimum Gasteiger partial charge on any atom is -0.349 e. The maximum atomic E-state index is 12.6. The average Bonchev–Trinajstić information content (AvgIpc) is 2.59. The van der Waals surface area contributed by atoms with Crippen LogP contribution in [0.25, 0.3) is 0 Å². The quantitative estimate of drug-likeness (QED) is 0.802. The number of hydrogen-bond donors (Lipinski definition) is 1. The Labute approximate surface area is 100 Å². The van der Waals surface area contributed by atoms with Gasteiger partial charge in [-0.15, -0.1) is 0 Å². The van der Waals surface area contributed by atoms with Crippen LogP contribution >= 0.6 is 0 Å². The Morgan fingerprint density at radius 3 is 2.82 bits per heavy atom. The molecule has 0 saturated heterocycles. The maximum Gasteiger partial charge on any atom is 0.253 e. The van der Waals surface area contributed by atoms with E-state index >= 15 is 0 Å². The van der Waals surface area contributed by atoms with E-state index in [4.69, 9.17) is 0 Å². The second-order valence-corrected chi connectivity index (χ2v) is 5.28. The van der Waals surface area contributed by atoms with Crippen molar-refractivity contribution in [1.82, 2.24) is 10.3 Å². The van der Waals surface area contributed by atoms with E-state index in [1.807, 2.05) is 0 Å². The fourth-order valence-corrected chi connectivity index (χ4v) is 2.35. The van der Waals surface area contributed by atoms with Crippen LogP contribution in [0.3, 0.4) is 0 Å². The molecule has 1 amide bonds. The molecular formula is C13H17FN2O. The summed E-state index contributed by atoms with van der Waals surface area (Å²) >= 11 is 0. The Balaban J connectivity index is 2.04. The van der Waals surface area contributed by atoms with Gasteiger partial charge >= 0.3 is 0 Å². The van der Waals surface area contributed by atoms with Crippen molar-refractivity contribution in [3.05, 3.63) is 29.8 Å². The van der Waals surface area contributed by atoms with E-state index < -0.39 is 5.95 Å². The van der Waals surface area contributed by atoms with E-state index in [0.717, 1.165) is 19.3 Å². The van der Waals surface area contributed by atoms with Crippen molar-refractivity contribution in [3.63, 3.8) is 0 Å². The van der Waals surface area contributed by atoms with Gasteiger partial charge in [0.2, 0.25) is 5.95 Å². The van der Waals surface area contributed by atoms with Gasteiger partial charge < -0.3 is 5.32 Å². The highest BCUT2D eigenvalue weighted by molar-refractivity contribution is 5.94. The molecule has 1 fully saturated rings. The lowest BCUT2D eigenvalue weighted by molar-refractivity contribution is 0.0909. The second kappa shape index (κ2) is 4.43. The number of nitrogens with one attached hydrogen (secondary N) is 1. The molecule has 92 valence electrons. The minimum absolute atomic E-state index is 0.142. The predicted molar refractivity (Wildman–Crippen MR) is 63.1 cm³/mol.